The number of hydrogen-bond acceptors (Lipinski definition) is 2. The summed E-state index contributed by atoms with van der Waals surface area (Å²) in [5, 5.41) is 5.08. The van der Waals surface area contributed by atoms with E-state index in [1.807, 2.05) is 0 Å². The second-order valence-electron chi connectivity index (χ2n) is 6.86. The number of nitrogens with one attached hydrogen (secondary N) is 1. The van der Waals surface area contributed by atoms with Crippen LogP contribution in [0.4, 0.5) is 0 Å². The minimum absolute atomic E-state index is 0.674. The van der Waals surface area contributed by atoms with E-state index in [1.54, 1.807) is 0 Å². The highest BCUT2D eigenvalue weighted by Gasteiger charge is 2.15. The van der Waals surface area contributed by atoms with Gasteiger partial charge in [0, 0.05) is 25.7 Å². The first-order chi connectivity index (χ1) is 9.34. The molecule has 1 rings (SSSR count). The molecule has 0 saturated heterocycles. The maximum absolute atomic E-state index is 3.54. The van der Waals surface area contributed by atoms with Crippen molar-refractivity contribution in [2.24, 2.45) is 0 Å². The average Bonchev–Trinajstić information content (AvgIpc) is 2.42. The Morgan fingerprint density at radius 1 is 1.15 bits per heavy atom. The summed E-state index contributed by atoms with van der Waals surface area (Å²) >= 11 is 0. The van der Waals surface area contributed by atoms with Crippen LogP contribution in [-0.2, 0) is 6.54 Å². The summed E-state index contributed by atoms with van der Waals surface area (Å²) in [6.07, 6.45) is 1.22. The summed E-state index contributed by atoms with van der Waals surface area (Å²) in [6.45, 7) is 14.9. The van der Waals surface area contributed by atoms with E-state index >= 15 is 0 Å². The zero-order chi connectivity index (χ0) is 15.2. The van der Waals surface area contributed by atoms with Crippen LogP contribution in [0.5, 0.6) is 0 Å². The van der Waals surface area contributed by atoms with Crippen molar-refractivity contribution < 1.29 is 0 Å². The Kier molecular flexibility index (Phi) is 6.93. The van der Waals surface area contributed by atoms with Crippen molar-refractivity contribution in [3.05, 3.63) is 29.8 Å². The molecule has 0 fully saturated rings. The fourth-order valence-electron chi connectivity index (χ4n) is 2.14. The standard InChI is InChI=1S/C17H32N2Si/c1-7-15(2)19(3)13-12-18-14-16-8-10-17(11-9-16)20(4,5)6/h8-11,15,18H,7,12-14H2,1-6H3. The molecule has 0 radical (unpaired) electrons. The monoisotopic (exact) mass is 292 g/mol. The highest BCUT2D eigenvalue weighted by atomic mass is 28.3. The van der Waals surface area contributed by atoms with E-state index in [-0.39, 0.29) is 0 Å². The molecule has 114 valence electrons. The van der Waals surface area contributed by atoms with Crippen LogP contribution in [0.2, 0.25) is 19.6 Å². The molecule has 0 aliphatic heterocycles. The predicted molar refractivity (Wildman–Crippen MR) is 93.5 cm³/mol. The van der Waals surface area contributed by atoms with Gasteiger partial charge in [-0.25, -0.2) is 0 Å². The first kappa shape index (κ1) is 17.4. The first-order valence-corrected chi connectivity index (χ1v) is 11.3. The summed E-state index contributed by atoms with van der Waals surface area (Å²) in [4.78, 5) is 2.42. The van der Waals surface area contributed by atoms with Gasteiger partial charge in [-0.3, -0.25) is 0 Å². The van der Waals surface area contributed by atoms with Gasteiger partial charge in [0.15, 0.2) is 0 Å². The van der Waals surface area contributed by atoms with Gasteiger partial charge in [-0.15, -0.1) is 0 Å². The van der Waals surface area contributed by atoms with Gasteiger partial charge in [0.25, 0.3) is 0 Å². The van der Waals surface area contributed by atoms with Gasteiger partial charge >= 0.3 is 0 Å². The highest BCUT2D eigenvalue weighted by Crippen LogP contribution is 2.04. The molecule has 0 aliphatic rings. The van der Waals surface area contributed by atoms with Gasteiger partial charge < -0.3 is 10.2 Å². The fourth-order valence-corrected chi connectivity index (χ4v) is 3.31. The van der Waals surface area contributed by atoms with Crippen molar-refractivity contribution in [2.45, 2.75) is 52.5 Å². The van der Waals surface area contributed by atoms with E-state index in [1.165, 1.54) is 17.2 Å². The van der Waals surface area contributed by atoms with E-state index in [4.69, 9.17) is 0 Å². The molecule has 0 aromatic heterocycles. The summed E-state index contributed by atoms with van der Waals surface area (Å²) in [5.41, 5.74) is 1.39. The molecule has 2 nitrogen and oxygen atoms in total. The number of benzene rings is 1. The van der Waals surface area contributed by atoms with Gasteiger partial charge in [-0.1, -0.05) is 56.0 Å². The zero-order valence-electron chi connectivity index (χ0n) is 14.2. The van der Waals surface area contributed by atoms with E-state index in [0.29, 0.717) is 6.04 Å². The van der Waals surface area contributed by atoms with Crippen molar-refractivity contribution in [1.29, 1.82) is 0 Å². The van der Waals surface area contributed by atoms with E-state index in [9.17, 15) is 0 Å². The molecule has 1 atom stereocenters. The van der Waals surface area contributed by atoms with Crippen LogP contribution >= 0.6 is 0 Å². The molecule has 0 aliphatic carbocycles. The SMILES string of the molecule is CCC(C)N(C)CCNCc1ccc([Si](C)(C)C)cc1. The molecule has 0 heterocycles. The lowest BCUT2D eigenvalue weighted by atomic mass is 10.2. The summed E-state index contributed by atoms with van der Waals surface area (Å²) in [5.74, 6) is 0. The molecule has 1 aromatic rings. The topological polar surface area (TPSA) is 15.3 Å². The van der Waals surface area contributed by atoms with E-state index in [2.05, 4.69) is 75.0 Å². The Balaban J connectivity index is 2.33. The molecule has 0 bridgehead atoms. The lowest BCUT2D eigenvalue weighted by Gasteiger charge is -2.23. The Labute approximate surface area is 126 Å². The van der Waals surface area contributed by atoms with Crippen molar-refractivity contribution in [1.82, 2.24) is 10.2 Å². The molecule has 0 amide bonds. The molecule has 20 heavy (non-hydrogen) atoms. The molecular weight excluding hydrogens is 260 g/mol. The van der Waals surface area contributed by atoms with Gasteiger partial charge in [0.05, 0.1) is 8.07 Å². The van der Waals surface area contributed by atoms with Gasteiger partial charge in [-0.2, -0.15) is 0 Å². The molecule has 3 heteroatoms. The van der Waals surface area contributed by atoms with E-state index in [0.717, 1.165) is 19.6 Å². The minimum atomic E-state index is -1.15. The third kappa shape index (κ3) is 5.78. The smallest absolute Gasteiger partial charge is 0.0775 e. The maximum atomic E-state index is 3.54. The third-order valence-corrected chi connectivity index (χ3v) is 6.20. The number of nitrogens with zero attached hydrogens (tertiary/aromatic N) is 1. The van der Waals surface area contributed by atoms with E-state index < -0.39 is 8.07 Å². The fraction of sp³-hybridized carbons (Fsp3) is 0.647. The second kappa shape index (κ2) is 7.96. The molecule has 1 unspecified atom stereocenters. The van der Waals surface area contributed by atoms with Crippen LogP contribution in [0.15, 0.2) is 24.3 Å². The van der Waals surface area contributed by atoms with Gasteiger partial charge in [-0.05, 0) is 26.0 Å². The van der Waals surface area contributed by atoms with Crippen molar-refractivity contribution in [2.75, 3.05) is 20.1 Å². The zero-order valence-corrected chi connectivity index (χ0v) is 15.2. The normalized spacial score (nSPS) is 13.8. The molecule has 1 aromatic carbocycles. The number of rotatable bonds is 8. The van der Waals surface area contributed by atoms with Crippen LogP contribution in [0.25, 0.3) is 0 Å². The largest absolute Gasteiger partial charge is 0.311 e. The average molecular weight is 293 g/mol. The van der Waals surface area contributed by atoms with Crippen molar-refractivity contribution in [3.8, 4) is 0 Å². The molecule has 0 saturated carbocycles. The third-order valence-electron chi connectivity index (χ3n) is 4.13. The minimum Gasteiger partial charge on any atom is -0.311 e. The summed E-state index contributed by atoms with van der Waals surface area (Å²) in [6, 6.07) is 9.86. The molecule has 1 N–H and O–H groups in total. The Bertz CT molecular complexity index is 381. The Morgan fingerprint density at radius 2 is 1.75 bits per heavy atom. The van der Waals surface area contributed by atoms with Crippen LogP contribution in [0.3, 0.4) is 0 Å². The first-order valence-electron chi connectivity index (χ1n) is 7.85. The number of likely N-dealkylation sites (N-methyl/N-ethyl adjacent to an activating group) is 1. The maximum Gasteiger partial charge on any atom is 0.0775 e. The Morgan fingerprint density at radius 3 is 2.25 bits per heavy atom. The van der Waals surface area contributed by atoms with Gasteiger partial charge in [0.2, 0.25) is 0 Å². The van der Waals surface area contributed by atoms with Crippen LogP contribution in [-0.4, -0.2) is 39.2 Å². The van der Waals surface area contributed by atoms with Crippen LogP contribution in [0.1, 0.15) is 25.8 Å². The Hall–Kier alpha value is -0.643. The predicted octanol–water partition coefficient (Wildman–Crippen LogP) is 3.05. The lowest BCUT2D eigenvalue weighted by Crippen LogP contribution is -2.37. The quantitative estimate of drug-likeness (QED) is 0.585. The lowest BCUT2D eigenvalue weighted by molar-refractivity contribution is 0.252. The molecule has 0 spiro atoms. The van der Waals surface area contributed by atoms with Crippen molar-refractivity contribution in [3.63, 3.8) is 0 Å². The van der Waals surface area contributed by atoms with Crippen LogP contribution in [0, 0.1) is 0 Å². The highest BCUT2D eigenvalue weighted by molar-refractivity contribution is 6.88. The van der Waals surface area contributed by atoms with Crippen molar-refractivity contribution >= 4 is 13.3 Å². The van der Waals surface area contributed by atoms with Gasteiger partial charge in [0.1, 0.15) is 0 Å². The summed E-state index contributed by atoms with van der Waals surface area (Å²) < 4.78 is 0. The van der Waals surface area contributed by atoms with Crippen LogP contribution < -0.4 is 10.5 Å². The molecular formula is C17H32N2Si. The summed E-state index contributed by atoms with van der Waals surface area (Å²) in [7, 11) is 1.05. The second-order valence-corrected chi connectivity index (χ2v) is 11.9. The number of hydrogen-bond donors (Lipinski definition) is 1.